The minimum atomic E-state index is -0.475. The Morgan fingerprint density at radius 1 is 0.425 bits per heavy atom. The Hall–Kier alpha value is -5.01. The average Bonchev–Trinajstić information content (AvgIpc) is 3.48. The summed E-state index contributed by atoms with van der Waals surface area (Å²) >= 11 is 0. The largest absolute Gasteiger partial charge is 0.289 e. The Bertz CT molecular complexity index is 1920. The maximum atomic E-state index is 13.7. The number of carbonyl (C=O) groups is 1. The van der Waals surface area contributed by atoms with Gasteiger partial charge in [0.05, 0.1) is 5.41 Å². The average molecular weight is 511 g/mol. The fourth-order valence-corrected chi connectivity index (χ4v) is 7.03. The van der Waals surface area contributed by atoms with Gasteiger partial charge in [-0.3, -0.25) is 4.79 Å². The lowest BCUT2D eigenvalue weighted by atomic mass is 9.70. The van der Waals surface area contributed by atoms with Crippen molar-refractivity contribution in [2.45, 2.75) is 11.8 Å². The summed E-state index contributed by atoms with van der Waals surface area (Å²) in [6.45, 7) is 0. The van der Waals surface area contributed by atoms with Gasteiger partial charge in [0, 0.05) is 11.1 Å². The lowest BCUT2D eigenvalue weighted by Gasteiger charge is -2.31. The zero-order chi connectivity index (χ0) is 26.7. The van der Waals surface area contributed by atoms with Crippen LogP contribution in [-0.4, -0.2) is 5.78 Å². The summed E-state index contributed by atoms with van der Waals surface area (Å²) in [5.74, 6) is 0.0545. The molecule has 1 spiro atoms. The van der Waals surface area contributed by atoms with Crippen molar-refractivity contribution in [1.82, 2.24) is 0 Å². The number of rotatable bonds is 4. The summed E-state index contributed by atoms with van der Waals surface area (Å²) in [5.41, 5.74) is 13.6. The molecule has 0 amide bonds. The van der Waals surface area contributed by atoms with Gasteiger partial charge in [-0.05, 0) is 68.1 Å². The summed E-state index contributed by atoms with van der Waals surface area (Å²) in [5, 5.41) is 0. The Kier molecular flexibility index (Phi) is 5.02. The van der Waals surface area contributed by atoms with Gasteiger partial charge in [0.25, 0.3) is 0 Å². The van der Waals surface area contributed by atoms with Crippen molar-refractivity contribution in [3.63, 3.8) is 0 Å². The topological polar surface area (TPSA) is 17.1 Å². The number of hydrogen-bond acceptors (Lipinski definition) is 1. The molecule has 8 rings (SSSR count). The van der Waals surface area contributed by atoms with Crippen molar-refractivity contribution < 1.29 is 4.79 Å². The number of benzene rings is 6. The third-order valence-electron chi connectivity index (χ3n) is 8.70. The molecule has 0 bridgehead atoms. The minimum Gasteiger partial charge on any atom is -0.289 e. The van der Waals surface area contributed by atoms with Crippen LogP contribution in [0.2, 0.25) is 0 Å². The highest BCUT2D eigenvalue weighted by molar-refractivity contribution is 6.10. The van der Waals surface area contributed by atoms with Crippen LogP contribution < -0.4 is 0 Å². The van der Waals surface area contributed by atoms with E-state index in [1.54, 1.807) is 0 Å². The Morgan fingerprint density at radius 2 is 0.950 bits per heavy atom. The molecular formula is C39H26O. The number of ketones is 1. The first kappa shape index (κ1) is 22.9. The standard InChI is InChI=1S/C39H26O/c40-38(28-13-5-2-6-14-28)29-20-22-33-31-16-8-10-18-35(31)39(37(33)25-29)34-17-9-7-15-30(34)32-21-19-27(24-36(32)39)23-26-11-3-1-4-12-26/h1-22,24-25H,23H2. The van der Waals surface area contributed by atoms with Crippen molar-refractivity contribution in [2.24, 2.45) is 0 Å². The van der Waals surface area contributed by atoms with E-state index in [9.17, 15) is 4.79 Å². The first-order chi connectivity index (χ1) is 19.7. The molecule has 0 radical (unpaired) electrons. The fraction of sp³-hybridized carbons (Fsp3) is 0.0513. The van der Waals surface area contributed by atoms with Gasteiger partial charge in [-0.1, -0.05) is 140 Å². The van der Waals surface area contributed by atoms with Gasteiger partial charge in [-0.25, -0.2) is 0 Å². The maximum Gasteiger partial charge on any atom is 0.193 e. The van der Waals surface area contributed by atoms with Gasteiger partial charge < -0.3 is 0 Å². The highest BCUT2D eigenvalue weighted by Gasteiger charge is 2.51. The Balaban J connectivity index is 1.40. The molecular weight excluding hydrogens is 484 g/mol. The van der Waals surface area contributed by atoms with Crippen LogP contribution in [0, 0.1) is 0 Å². The molecule has 6 aromatic rings. The van der Waals surface area contributed by atoms with E-state index in [0.717, 1.165) is 12.0 Å². The maximum absolute atomic E-state index is 13.7. The predicted octanol–water partition coefficient (Wildman–Crippen LogP) is 8.85. The molecule has 0 saturated heterocycles. The molecule has 2 aliphatic rings. The minimum absolute atomic E-state index is 0.0545. The molecule has 40 heavy (non-hydrogen) atoms. The molecule has 0 fully saturated rings. The van der Waals surface area contributed by atoms with Gasteiger partial charge in [0.2, 0.25) is 0 Å². The lowest BCUT2D eigenvalue weighted by molar-refractivity contribution is 0.103. The molecule has 0 aliphatic heterocycles. The molecule has 188 valence electrons. The quantitative estimate of drug-likeness (QED) is 0.216. The van der Waals surface area contributed by atoms with Crippen molar-refractivity contribution >= 4 is 5.78 Å². The van der Waals surface area contributed by atoms with E-state index in [4.69, 9.17) is 0 Å². The predicted molar refractivity (Wildman–Crippen MR) is 162 cm³/mol. The molecule has 0 N–H and O–H groups in total. The molecule has 2 aliphatic carbocycles. The van der Waals surface area contributed by atoms with Crippen LogP contribution >= 0.6 is 0 Å². The smallest absolute Gasteiger partial charge is 0.193 e. The van der Waals surface area contributed by atoms with Crippen LogP contribution in [0.5, 0.6) is 0 Å². The van der Waals surface area contributed by atoms with Crippen LogP contribution in [0.3, 0.4) is 0 Å². The zero-order valence-corrected chi connectivity index (χ0v) is 22.0. The van der Waals surface area contributed by atoms with Gasteiger partial charge in [0.1, 0.15) is 0 Å². The monoisotopic (exact) mass is 510 g/mol. The molecule has 0 heterocycles. The summed E-state index contributed by atoms with van der Waals surface area (Å²) in [6, 6.07) is 51.2. The van der Waals surface area contributed by atoms with E-state index in [-0.39, 0.29) is 5.78 Å². The highest BCUT2D eigenvalue weighted by atomic mass is 16.1. The van der Waals surface area contributed by atoms with E-state index >= 15 is 0 Å². The summed E-state index contributed by atoms with van der Waals surface area (Å²) in [7, 11) is 0. The van der Waals surface area contributed by atoms with E-state index < -0.39 is 5.41 Å². The van der Waals surface area contributed by atoms with Crippen molar-refractivity contribution in [1.29, 1.82) is 0 Å². The third-order valence-corrected chi connectivity index (χ3v) is 8.70. The van der Waals surface area contributed by atoms with Gasteiger partial charge in [-0.15, -0.1) is 0 Å². The summed E-state index contributed by atoms with van der Waals surface area (Å²) in [6.07, 6.45) is 0.877. The molecule has 0 aromatic heterocycles. The summed E-state index contributed by atoms with van der Waals surface area (Å²) < 4.78 is 0. The first-order valence-electron chi connectivity index (χ1n) is 13.9. The fourth-order valence-electron chi connectivity index (χ4n) is 7.03. The molecule has 1 atom stereocenters. The van der Waals surface area contributed by atoms with E-state index in [1.807, 2.05) is 36.4 Å². The van der Waals surface area contributed by atoms with Gasteiger partial charge >= 0.3 is 0 Å². The van der Waals surface area contributed by atoms with Crippen LogP contribution in [0.25, 0.3) is 22.3 Å². The molecule has 1 nitrogen and oxygen atoms in total. The molecule has 6 aromatic carbocycles. The first-order valence-corrected chi connectivity index (χ1v) is 13.9. The third kappa shape index (κ3) is 3.18. The van der Waals surface area contributed by atoms with E-state index in [0.29, 0.717) is 5.56 Å². The van der Waals surface area contributed by atoms with E-state index in [1.165, 1.54) is 55.6 Å². The summed E-state index contributed by atoms with van der Waals surface area (Å²) in [4.78, 5) is 13.7. The van der Waals surface area contributed by atoms with Gasteiger partial charge in [0.15, 0.2) is 5.78 Å². The van der Waals surface area contributed by atoms with Crippen LogP contribution in [0.15, 0.2) is 146 Å². The SMILES string of the molecule is O=C(c1ccccc1)c1ccc2c(c1)C1(c3ccccc3-c3ccc(Cc4ccccc4)cc31)c1ccccc1-2. The van der Waals surface area contributed by atoms with Crippen LogP contribution in [0.1, 0.15) is 49.3 Å². The second kappa shape index (κ2) is 8.76. The molecule has 1 heteroatoms. The second-order valence-electron chi connectivity index (χ2n) is 10.8. The number of carbonyl (C=O) groups excluding carboxylic acids is 1. The molecule has 0 saturated carbocycles. The van der Waals surface area contributed by atoms with E-state index in [2.05, 4.69) is 109 Å². The zero-order valence-electron chi connectivity index (χ0n) is 22.0. The van der Waals surface area contributed by atoms with Crippen molar-refractivity contribution in [2.75, 3.05) is 0 Å². The van der Waals surface area contributed by atoms with Crippen molar-refractivity contribution in [3.8, 4) is 22.3 Å². The number of fused-ring (bicyclic) bond motifs is 10. The van der Waals surface area contributed by atoms with Crippen molar-refractivity contribution in [3.05, 3.63) is 190 Å². The van der Waals surface area contributed by atoms with Gasteiger partial charge in [-0.2, -0.15) is 0 Å². The van der Waals surface area contributed by atoms with Crippen LogP contribution in [0.4, 0.5) is 0 Å². The normalized spacial score (nSPS) is 15.8. The lowest BCUT2D eigenvalue weighted by Crippen LogP contribution is -2.26. The number of hydrogen-bond donors (Lipinski definition) is 0. The Labute approximate surface area is 234 Å². The highest BCUT2D eigenvalue weighted by Crippen LogP contribution is 2.62. The Morgan fingerprint density at radius 3 is 1.62 bits per heavy atom. The second-order valence-corrected chi connectivity index (χ2v) is 10.8. The molecule has 1 unspecified atom stereocenters. The van der Waals surface area contributed by atoms with Crippen LogP contribution in [-0.2, 0) is 11.8 Å².